The van der Waals surface area contributed by atoms with Gasteiger partial charge in [0, 0.05) is 17.8 Å². The molecule has 0 aliphatic rings. The molecule has 0 fully saturated rings. The minimum Gasteiger partial charge on any atom is -0.389 e. The normalized spacial score (nSPS) is 10.4. The average Bonchev–Trinajstić information content (AvgIpc) is 2.42. The van der Waals surface area contributed by atoms with Crippen LogP contribution in [-0.2, 0) is 0 Å². The maximum atomic E-state index is 13.4. The van der Waals surface area contributed by atoms with Gasteiger partial charge in [-0.3, -0.25) is 0 Å². The Labute approximate surface area is 116 Å². The van der Waals surface area contributed by atoms with Gasteiger partial charge >= 0.3 is 0 Å². The number of hydrogen-bond acceptors (Lipinski definition) is 3. The Hall–Kier alpha value is -2.22. The number of hydrogen-bond donors (Lipinski definition) is 2. The van der Waals surface area contributed by atoms with E-state index in [1.807, 2.05) is 0 Å². The zero-order valence-corrected chi connectivity index (χ0v) is 10.6. The van der Waals surface area contributed by atoms with Crippen molar-refractivity contribution in [2.45, 2.75) is 0 Å². The molecule has 0 saturated carbocycles. The molecular weight excluding hydrogens is 294 g/mol. The minimum atomic E-state index is -1.54. The standard InChI is InChI=1S/C12H7F4N3S/c13-6-3-7(14)10(16)11(9(6)15)19-8-2-1-5(4-18-8)12(17)20/h1-4H,(H2,17,20)(H,18,19). The first-order valence-corrected chi connectivity index (χ1v) is 5.67. The van der Waals surface area contributed by atoms with Crippen LogP contribution >= 0.6 is 12.2 Å². The van der Waals surface area contributed by atoms with Crippen molar-refractivity contribution in [3.63, 3.8) is 0 Å². The molecule has 2 aromatic rings. The monoisotopic (exact) mass is 301 g/mol. The van der Waals surface area contributed by atoms with Gasteiger partial charge in [0.2, 0.25) is 0 Å². The van der Waals surface area contributed by atoms with Crippen molar-refractivity contribution in [1.82, 2.24) is 4.98 Å². The van der Waals surface area contributed by atoms with Crippen molar-refractivity contribution in [2.75, 3.05) is 5.32 Å². The summed E-state index contributed by atoms with van der Waals surface area (Å²) in [5.74, 6) is -6.11. The highest BCUT2D eigenvalue weighted by molar-refractivity contribution is 7.80. The first kappa shape index (κ1) is 14.2. The number of aromatic nitrogens is 1. The zero-order chi connectivity index (χ0) is 14.9. The number of nitrogens with zero attached hydrogens (tertiary/aromatic N) is 1. The molecule has 2 rings (SSSR count). The lowest BCUT2D eigenvalue weighted by atomic mass is 10.2. The van der Waals surface area contributed by atoms with Crippen LogP contribution in [0, 0.1) is 23.3 Å². The number of rotatable bonds is 3. The third-order valence-corrected chi connectivity index (χ3v) is 2.65. The number of anilines is 2. The highest BCUT2D eigenvalue weighted by Gasteiger charge is 2.19. The van der Waals surface area contributed by atoms with E-state index in [0.29, 0.717) is 5.56 Å². The van der Waals surface area contributed by atoms with Gasteiger partial charge in [-0.25, -0.2) is 22.5 Å². The fourth-order valence-electron chi connectivity index (χ4n) is 1.42. The summed E-state index contributed by atoms with van der Waals surface area (Å²) in [7, 11) is 0. The van der Waals surface area contributed by atoms with Gasteiger partial charge < -0.3 is 11.1 Å². The lowest BCUT2D eigenvalue weighted by molar-refractivity contribution is 0.459. The molecular formula is C12H7F4N3S. The molecule has 0 aliphatic heterocycles. The third kappa shape index (κ3) is 2.69. The molecule has 0 radical (unpaired) electrons. The molecule has 20 heavy (non-hydrogen) atoms. The van der Waals surface area contributed by atoms with Crippen molar-refractivity contribution >= 4 is 28.7 Å². The minimum absolute atomic E-state index is 0.0206. The van der Waals surface area contributed by atoms with Gasteiger partial charge in [-0.15, -0.1) is 0 Å². The highest BCUT2D eigenvalue weighted by atomic mass is 32.1. The summed E-state index contributed by atoms with van der Waals surface area (Å²) in [5.41, 5.74) is 4.84. The molecule has 0 amide bonds. The summed E-state index contributed by atoms with van der Waals surface area (Å²) in [4.78, 5) is 3.88. The van der Waals surface area contributed by atoms with Gasteiger partial charge in [0.1, 0.15) is 16.5 Å². The molecule has 1 aromatic carbocycles. The largest absolute Gasteiger partial charge is 0.389 e. The number of nitrogens with two attached hydrogens (primary N) is 1. The summed E-state index contributed by atoms with van der Waals surface area (Å²) in [5, 5.41) is 2.16. The van der Waals surface area contributed by atoms with Crippen LogP contribution in [-0.4, -0.2) is 9.97 Å². The summed E-state index contributed by atoms with van der Waals surface area (Å²) in [6, 6.07) is 2.89. The van der Waals surface area contributed by atoms with Crippen LogP contribution in [0.4, 0.5) is 29.1 Å². The Bertz CT molecular complexity index is 647. The maximum Gasteiger partial charge on any atom is 0.185 e. The quantitative estimate of drug-likeness (QED) is 0.520. The molecule has 1 heterocycles. The number of benzene rings is 1. The van der Waals surface area contributed by atoms with E-state index in [2.05, 4.69) is 10.3 Å². The van der Waals surface area contributed by atoms with E-state index in [1.165, 1.54) is 18.3 Å². The van der Waals surface area contributed by atoms with Gasteiger partial charge in [-0.05, 0) is 12.1 Å². The highest BCUT2D eigenvalue weighted by Crippen LogP contribution is 2.26. The lowest BCUT2D eigenvalue weighted by Gasteiger charge is -2.09. The predicted molar refractivity (Wildman–Crippen MR) is 69.7 cm³/mol. The molecule has 3 nitrogen and oxygen atoms in total. The fraction of sp³-hybridized carbons (Fsp3) is 0. The molecule has 0 saturated heterocycles. The van der Waals surface area contributed by atoms with Crippen molar-refractivity contribution in [1.29, 1.82) is 0 Å². The molecule has 8 heteroatoms. The number of pyridine rings is 1. The second-order valence-electron chi connectivity index (χ2n) is 3.76. The Kier molecular flexibility index (Phi) is 3.84. The van der Waals surface area contributed by atoms with Crippen LogP contribution in [0.5, 0.6) is 0 Å². The lowest BCUT2D eigenvalue weighted by Crippen LogP contribution is -2.10. The second-order valence-corrected chi connectivity index (χ2v) is 4.20. The van der Waals surface area contributed by atoms with Crippen molar-refractivity contribution in [2.24, 2.45) is 5.73 Å². The van der Waals surface area contributed by atoms with Crippen LogP contribution in [0.25, 0.3) is 0 Å². The summed E-state index contributed by atoms with van der Waals surface area (Å²) >= 11 is 4.71. The third-order valence-electron chi connectivity index (χ3n) is 2.41. The fourth-order valence-corrected chi connectivity index (χ4v) is 1.55. The van der Waals surface area contributed by atoms with E-state index in [0.717, 1.165) is 0 Å². The molecule has 1 aromatic heterocycles. The van der Waals surface area contributed by atoms with Crippen LogP contribution in [0.15, 0.2) is 24.4 Å². The van der Waals surface area contributed by atoms with E-state index < -0.39 is 29.0 Å². The van der Waals surface area contributed by atoms with Crippen LogP contribution < -0.4 is 11.1 Å². The van der Waals surface area contributed by atoms with Crippen LogP contribution in [0.3, 0.4) is 0 Å². The molecule has 0 atom stereocenters. The molecule has 0 bridgehead atoms. The van der Waals surface area contributed by atoms with E-state index in [1.54, 1.807) is 0 Å². The summed E-state index contributed by atoms with van der Waals surface area (Å²) in [6.07, 6.45) is 1.26. The van der Waals surface area contributed by atoms with Crippen molar-refractivity contribution < 1.29 is 17.6 Å². The van der Waals surface area contributed by atoms with Gasteiger partial charge in [-0.2, -0.15) is 0 Å². The Morgan fingerprint density at radius 3 is 2.15 bits per heavy atom. The SMILES string of the molecule is NC(=S)c1ccc(Nc2c(F)c(F)cc(F)c2F)nc1. The van der Waals surface area contributed by atoms with E-state index in [9.17, 15) is 17.6 Å². The zero-order valence-electron chi connectivity index (χ0n) is 9.75. The smallest absolute Gasteiger partial charge is 0.185 e. The molecule has 0 aliphatic carbocycles. The van der Waals surface area contributed by atoms with Crippen LogP contribution in [0.2, 0.25) is 0 Å². The number of halogens is 4. The number of nitrogens with one attached hydrogen (secondary N) is 1. The Balaban J connectivity index is 2.37. The van der Waals surface area contributed by atoms with Crippen molar-refractivity contribution in [3.8, 4) is 0 Å². The second kappa shape index (κ2) is 5.41. The van der Waals surface area contributed by atoms with Crippen LogP contribution in [0.1, 0.15) is 5.56 Å². The topological polar surface area (TPSA) is 50.9 Å². The first-order valence-electron chi connectivity index (χ1n) is 5.26. The number of thiocarbonyl (C=S) groups is 1. The van der Waals surface area contributed by atoms with Gasteiger partial charge in [-0.1, -0.05) is 12.2 Å². The van der Waals surface area contributed by atoms with E-state index in [4.69, 9.17) is 18.0 Å². The average molecular weight is 301 g/mol. The van der Waals surface area contributed by atoms with Crippen molar-refractivity contribution in [3.05, 3.63) is 53.2 Å². The molecule has 104 valence electrons. The molecule has 0 unspecified atom stereocenters. The first-order chi connectivity index (χ1) is 9.40. The Morgan fingerprint density at radius 2 is 1.70 bits per heavy atom. The Morgan fingerprint density at radius 1 is 1.10 bits per heavy atom. The summed E-state index contributed by atoms with van der Waals surface area (Å²) < 4.78 is 52.9. The van der Waals surface area contributed by atoms with Gasteiger partial charge in [0.25, 0.3) is 0 Å². The summed E-state index contributed by atoms with van der Waals surface area (Å²) in [6.45, 7) is 0. The van der Waals surface area contributed by atoms with E-state index in [-0.39, 0.29) is 16.9 Å². The molecule has 3 N–H and O–H groups in total. The molecule has 0 spiro atoms. The predicted octanol–water partition coefficient (Wildman–Crippen LogP) is 3.02. The van der Waals surface area contributed by atoms with E-state index >= 15 is 0 Å². The van der Waals surface area contributed by atoms with Gasteiger partial charge in [0.15, 0.2) is 23.3 Å². The van der Waals surface area contributed by atoms with Gasteiger partial charge in [0.05, 0.1) is 0 Å². The maximum absolute atomic E-state index is 13.4.